The van der Waals surface area contributed by atoms with Crippen molar-refractivity contribution >= 4 is 11.6 Å². The third-order valence-electron chi connectivity index (χ3n) is 3.78. The SMILES string of the molecule is COCCNCC(=O)Nc1ccc(CCCc2ccccc2)cc1. The summed E-state index contributed by atoms with van der Waals surface area (Å²) in [5.41, 5.74) is 3.50. The predicted molar refractivity (Wildman–Crippen MR) is 98.3 cm³/mol. The number of carbonyl (C=O) groups excluding carboxylic acids is 1. The Morgan fingerprint density at radius 2 is 1.62 bits per heavy atom. The van der Waals surface area contributed by atoms with Gasteiger partial charge in [-0.25, -0.2) is 0 Å². The first-order valence-electron chi connectivity index (χ1n) is 8.40. The lowest BCUT2D eigenvalue weighted by atomic mass is 10.0. The lowest BCUT2D eigenvalue weighted by Gasteiger charge is -2.08. The second kappa shape index (κ2) is 10.6. The van der Waals surface area contributed by atoms with Crippen molar-refractivity contribution in [3.05, 3.63) is 65.7 Å². The summed E-state index contributed by atoms with van der Waals surface area (Å²) in [7, 11) is 1.64. The smallest absolute Gasteiger partial charge is 0.238 e. The van der Waals surface area contributed by atoms with Crippen LogP contribution in [0.3, 0.4) is 0 Å². The second-order valence-electron chi connectivity index (χ2n) is 5.75. The zero-order chi connectivity index (χ0) is 17.0. The van der Waals surface area contributed by atoms with Crippen LogP contribution in [0.15, 0.2) is 54.6 Å². The molecule has 0 saturated carbocycles. The average Bonchev–Trinajstić information content (AvgIpc) is 2.61. The third-order valence-corrected chi connectivity index (χ3v) is 3.78. The van der Waals surface area contributed by atoms with Crippen LogP contribution in [0.2, 0.25) is 0 Å². The van der Waals surface area contributed by atoms with E-state index in [-0.39, 0.29) is 5.91 Å². The van der Waals surface area contributed by atoms with Gasteiger partial charge in [0.15, 0.2) is 0 Å². The molecule has 128 valence electrons. The maximum atomic E-state index is 11.8. The zero-order valence-corrected chi connectivity index (χ0v) is 14.3. The fourth-order valence-electron chi connectivity index (χ4n) is 2.48. The molecule has 0 aromatic heterocycles. The van der Waals surface area contributed by atoms with Crippen LogP contribution in [-0.4, -0.2) is 32.7 Å². The summed E-state index contributed by atoms with van der Waals surface area (Å²) in [6.07, 6.45) is 3.26. The molecule has 0 aliphatic heterocycles. The number of hydrogen-bond donors (Lipinski definition) is 2. The van der Waals surface area contributed by atoms with E-state index in [9.17, 15) is 4.79 Å². The van der Waals surface area contributed by atoms with Crippen LogP contribution in [0, 0.1) is 0 Å². The molecular weight excluding hydrogens is 300 g/mol. The van der Waals surface area contributed by atoms with Gasteiger partial charge >= 0.3 is 0 Å². The Morgan fingerprint density at radius 1 is 0.958 bits per heavy atom. The van der Waals surface area contributed by atoms with Crippen LogP contribution in [-0.2, 0) is 22.4 Å². The normalized spacial score (nSPS) is 10.5. The zero-order valence-electron chi connectivity index (χ0n) is 14.3. The number of nitrogens with one attached hydrogen (secondary N) is 2. The molecule has 0 bridgehead atoms. The molecule has 2 rings (SSSR count). The summed E-state index contributed by atoms with van der Waals surface area (Å²) in [6.45, 7) is 1.57. The standard InChI is InChI=1S/C20H26N2O2/c1-24-15-14-21-16-20(23)22-19-12-10-18(11-13-19)9-5-8-17-6-3-2-4-7-17/h2-4,6-7,10-13,21H,5,8-9,14-16H2,1H3,(H,22,23). The third kappa shape index (κ3) is 6.94. The first-order valence-corrected chi connectivity index (χ1v) is 8.40. The molecule has 0 aliphatic rings. The number of anilines is 1. The predicted octanol–water partition coefficient (Wildman–Crippen LogP) is 3.04. The highest BCUT2D eigenvalue weighted by Crippen LogP contribution is 2.12. The number of hydrogen-bond acceptors (Lipinski definition) is 3. The molecular formula is C20H26N2O2. The van der Waals surface area contributed by atoms with Gasteiger partial charge in [0, 0.05) is 19.3 Å². The van der Waals surface area contributed by atoms with Crippen molar-refractivity contribution in [2.45, 2.75) is 19.3 Å². The summed E-state index contributed by atoms with van der Waals surface area (Å²) < 4.78 is 4.92. The Labute approximate surface area is 144 Å². The molecule has 0 saturated heterocycles. The van der Waals surface area contributed by atoms with Crippen molar-refractivity contribution in [2.75, 3.05) is 32.1 Å². The Hall–Kier alpha value is -2.17. The molecule has 2 aromatic rings. The monoisotopic (exact) mass is 326 g/mol. The van der Waals surface area contributed by atoms with E-state index in [0.717, 1.165) is 24.9 Å². The summed E-state index contributed by atoms with van der Waals surface area (Å²) >= 11 is 0. The van der Waals surface area contributed by atoms with Crippen molar-refractivity contribution in [1.29, 1.82) is 0 Å². The molecule has 2 N–H and O–H groups in total. The number of rotatable bonds is 10. The molecule has 24 heavy (non-hydrogen) atoms. The lowest BCUT2D eigenvalue weighted by Crippen LogP contribution is -2.30. The van der Waals surface area contributed by atoms with E-state index in [4.69, 9.17) is 4.74 Å². The molecule has 0 heterocycles. The van der Waals surface area contributed by atoms with Crippen LogP contribution in [0.25, 0.3) is 0 Å². The largest absolute Gasteiger partial charge is 0.383 e. The number of aryl methyl sites for hydroxylation is 2. The van der Waals surface area contributed by atoms with Gasteiger partial charge in [-0.1, -0.05) is 42.5 Å². The molecule has 0 spiro atoms. The maximum Gasteiger partial charge on any atom is 0.238 e. The van der Waals surface area contributed by atoms with Gasteiger partial charge in [0.25, 0.3) is 0 Å². The van der Waals surface area contributed by atoms with E-state index in [1.807, 2.05) is 18.2 Å². The molecule has 4 heteroatoms. The molecule has 0 unspecified atom stereocenters. The highest BCUT2D eigenvalue weighted by molar-refractivity contribution is 5.92. The molecule has 4 nitrogen and oxygen atoms in total. The maximum absolute atomic E-state index is 11.8. The van der Waals surface area contributed by atoms with Crippen molar-refractivity contribution in [2.24, 2.45) is 0 Å². The van der Waals surface area contributed by atoms with Gasteiger partial charge in [0.05, 0.1) is 13.2 Å². The minimum atomic E-state index is -0.0390. The van der Waals surface area contributed by atoms with Gasteiger partial charge in [-0.15, -0.1) is 0 Å². The lowest BCUT2D eigenvalue weighted by molar-refractivity contribution is -0.115. The van der Waals surface area contributed by atoms with E-state index in [1.165, 1.54) is 11.1 Å². The topological polar surface area (TPSA) is 50.4 Å². The molecule has 0 atom stereocenters. The molecule has 0 fully saturated rings. The van der Waals surface area contributed by atoms with Crippen LogP contribution in [0.1, 0.15) is 17.5 Å². The molecule has 0 aliphatic carbocycles. The number of amides is 1. The first-order chi connectivity index (χ1) is 11.8. The fourth-order valence-corrected chi connectivity index (χ4v) is 2.48. The van der Waals surface area contributed by atoms with Gasteiger partial charge < -0.3 is 15.4 Å². The summed E-state index contributed by atoms with van der Waals surface area (Å²) in [6, 6.07) is 18.6. The Bertz CT molecular complexity index is 597. The first kappa shape index (κ1) is 18.2. The minimum absolute atomic E-state index is 0.0390. The molecule has 0 radical (unpaired) electrons. The fraction of sp³-hybridized carbons (Fsp3) is 0.350. The highest BCUT2D eigenvalue weighted by Gasteiger charge is 2.02. The van der Waals surface area contributed by atoms with Crippen molar-refractivity contribution < 1.29 is 9.53 Å². The summed E-state index contributed by atoms with van der Waals surface area (Å²) in [5, 5.41) is 5.91. The number of ether oxygens (including phenoxy) is 1. The van der Waals surface area contributed by atoms with E-state index < -0.39 is 0 Å². The van der Waals surface area contributed by atoms with Crippen LogP contribution in [0.4, 0.5) is 5.69 Å². The quantitative estimate of drug-likeness (QED) is 0.660. The Morgan fingerprint density at radius 3 is 2.29 bits per heavy atom. The molecule has 1 amide bonds. The van der Waals surface area contributed by atoms with Gasteiger partial charge in [-0.05, 0) is 42.5 Å². The van der Waals surface area contributed by atoms with Gasteiger partial charge in [-0.3, -0.25) is 4.79 Å². The van der Waals surface area contributed by atoms with Gasteiger partial charge in [0.2, 0.25) is 5.91 Å². The van der Waals surface area contributed by atoms with Crippen molar-refractivity contribution in [3.63, 3.8) is 0 Å². The van der Waals surface area contributed by atoms with E-state index >= 15 is 0 Å². The Balaban J connectivity index is 1.69. The average molecular weight is 326 g/mol. The van der Waals surface area contributed by atoms with Crippen LogP contribution < -0.4 is 10.6 Å². The van der Waals surface area contributed by atoms with E-state index in [0.29, 0.717) is 19.7 Å². The summed E-state index contributed by atoms with van der Waals surface area (Å²) in [4.78, 5) is 11.8. The number of methoxy groups -OCH3 is 1. The van der Waals surface area contributed by atoms with Gasteiger partial charge in [0.1, 0.15) is 0 Å². The highest BCUT2D eigenvalue weighted by atomic mass is 16.5. The Kier molecular flexibility index (Phi) is 8.01. The van der Waals surface area contributed by atoms with E-state index in [2.05, 4.69) is 47.0 Å². The van der Waals surface area contributed by atoms with Crippen molar-refractivity contribution in [3.8, 4) is 0 Å². The van der Waals surface area contributed by atoms with Crippen LogP contribution in [0.5, 0.6) is 0 Å². The second-order valence-corrected chi connectivity index (χ2v) is 5.75. The number of benzene rings is 2. The van der Waals surface area contributed by atoms with E-state index in [1.54, 1.807) is 7.11 Å². The number of carbonyl (C=O) groups is 1. The van der Waals surface area contributed by atoms with Crippen molar-refractivity contribution in [1.82, 2.24) is 5.32 Å². The minimum Gasteiger partial charge on any atom is -0.383 e. The van der Waals surface area contributed by atoms with Crippen LogP contribution >= 0.6 is 0 Å². The molecule has 2 aromatic carbocycles. The summed E-state index contributed by atoms with van der Waals surface area (Å²) in [5.74, 6) is -0.0390. The van der Waals surface area contributed by atoms with Gasteiger partial charge in [-0.2, -0.15) is 0 Å².